The van der Waals surface area contributed by atoms with Gasteiger partial charge >= 0.3 is 11.9 Å². The zero-order chi connectivity index (χ0) is 19.4. The molecule has 5 unspecified atom stereocenters. The highest BCUT2D eigenvalue weighted by Crippen LogP contribution is 2.56. The number of ketones is 1. The molecule has 6 nitrogen and oxygen atoms in total. The lowest BCUT2D eigenvalue weighted by molar-refractivity contribution is -0.170. The number of hydrogen-bond donors (Lipinski definition) is 1. The van der Waals surface area contributed by atoms with Crippen molar-refractivity contribution in [1.29, 1.82) is 0 Å². The fraction of sp³-hybridized carbons (Fsp3) is 0.650. The molecule has 0 radical (unpaired) electrons. The van der Waals surface area contributed by atoms with Gasteiger partial charge in [0.05, 0.1) is 12.0 Å². The number of hydrogen-bond acceptors (Lipinski definition) is 6. The number of carbonyl (C=O) groups is 3. The van der Waals surface area contributed by atoms with Crippen molar-refractivity contribution >= 4 is 17.7 Å². The van der Waals surface area contributed by atoms with Crippen molar-refractivity contribution in [3.05, 3.63) is 22.8 Å². The Bertz CT molecular complexity index is 747. The van der Waals surface area contributed by atoms with Crippen molar-refractivity contribution in [2.75, 3.05) is 0 Å². The van der Waals surface area contributed by atoms with Crippen LogP contribution < -0.4 is 0 Å². The Morgan fingerprint density at radius 3 is 2.62 bits per heavy atom. The number of fused-ring (bicyclic) bond motifs is 3. The third-order valence-corrected chi connectivity index (χ3v) is 6.58. The maximum absolute atomic E-state index is 12.7. The van der Waals surface area contributed by atoms with E-state index in [4.69, 9.17) is 9.47 Å². The van der Waals surface area contributed by atoms with Gasteiger partial charge in [0.1, 0.15) is 6.10 Å². The largest absolute Gasteiger partial charge is 0.454 e. The van der Waals surface area contributed by atoms with Gasteiger partial charge in [-0.2, -0.15) is 0 Å². The molecule has 3 rings (SSSR count). The monoisotopic (exact) mass is 362 g/mol. The number of rotatable bonds is 2. The molecule has 1 saturated carbocycles. The van der Waals surface area contributed by atoms with Gasteiger partial charge in [0, 0.05) is 17.4 Å². The summed E-state index contributed by atoms with van der Waals surface area (Å²) in [5.74, 6) is -1.65. The fourth-order valence-corrected chi connectivity index (χ4v) is 4.56. The van der Waals surface area contributed by atoms with Crippen molar-refractivity contribution < 1.29 is 29.0 Å². The molecule has 1 heterocycles. The van der Waals surface area contributed by atoms with Crippen molar-refractivity contribution in [3.63, 3.8) is 0 Å². The van der Waals surface area contributed by atoms with Gasteiger partial charge in [-0.25, -0.2) is 9.59 Å². The highest BCUT2D eigenvalue weighted by atomic mass is 16.6. The molecular formula is C20H26O6. The summed E-state index contributed by atoms with van der Waals surface area (Å²) in [5.41, 5.74) is -0.337. The van der Waals surface area contributed by atoms with Crippen LogP contribution in [0.2, 0.25) is 0 Å². The van der Waals surface area contributed by atoms with Gasteiger partial charge in [0.2, 0.25) is 5.60 Å². The highest BCUT2D eigenvalue weighted by molar-refractivity contribution is 5.98. The molecule has 1 saturated heterocycles. The van der Waals surface area contributed by atoms with Crippen LogP contribution >= 0.6 is 0 Å². The Balaban J connectivity index is 2.02. The molecule has 6 heteroatoms. The van der Waals surface area contributed by atoms with E-state index in [-0.39, 0.29) is 18.1 Å². The second-order valence-corrected chi connectivity index (χ2v) is 8.04. The van der Waals surface area contributed by atoms with Gasteiger partial charge in [0.25, 0.3) is 0 Å². The predicted octanol–water partition coefficient (Wildman–Crippen LogP) is 2.25. The maximum atomic E-state index is 12.7. The highest BCUT2D eigenvalue weighted by Gasteiger charge is 2.64. The molecule has 0 aromatic heterocycles. The summed E-state index contributed by atoms with van der Waals surface area (Å²) in [6, 6.07) is 0. The van der Waals surface area contributed by atoms with E-state index in [1.54, 1.807) is 33.8 Å². The van der Waals surface area contributed by atoms with Crippen LogP contribution in [-0.2, 0) is 23.9 Å². The number of aliphatic hydroxyl groups is 1. The smallest absolute Gasteiger partial charge is 0.351 e. The summed E-state index contributed by atoms with van der Waals surface area (Å²) < 4.78 is 11.2. The van der Waals surface area contributed by atoms with E-state index in [0.717, 1.165) is 0 Å². The molecule has 5 atom stereocenters. The van der Waals surface area contributed by atoms with Gasteiger partial charge in [-0.1, -0.05) is 13.0 Å². The Hall–Kier alpha value is -1.95. The third kappa shape index (κ3) is 2.46. The van der Waals surface area contributed by atoms with E-state index in [1.807, 2.05) is 6.92 Å². The van der Waals surface area contributed by atoms with Crippen LogP contribution in [0, 0.1) is 11.3 Å². The van der Waals surface area contributed by atoms with Crippen LogP contribution in [0.1, 0.15) is 53.9 Å². The average Bonchev–Trinajstić information content (AvgIpc) is 2.82. The normalized spacial score (nSPS) is 40.1. The van der Waals surface area contributed by atoms with E-state index >= 15 is 0 Å². The first-order chi connectivity index (χ1) is 12.1. The number of carbonyl (C=O) groups excluding carboxylic acids is 3. The summed E-state index contributed by atoms with van der Waals surface area (Å²) in [7, 11) is 0. The maximum Gasteiger partial charge on any atom is 0.351 e. The molecule has 1 N–H and O–H groups in total. The van der Waals surface area contributed by atoms with Crippen LogP contribution in [0.15, 0.2) is 22.8 Å². The standard InChI is InChI=1S/C20H26O6/c1-6-10(2)17(23)26-20(5)12-7-8-19(4)14(22)9-13(21)11(3)15(19)16(12)25-18(20)24/h6,12,14,16,22H,7-9H2,1-5H3. The Morgan fingerprint density at radius 2 is 2.00 bits per heavy atom. The summed E-state index contributed by atoms with van der Waals surface area (Å²) >= 11 is 0. The van der Waals surface area contributed by atoms with E-state index in [9.17, 15) is 19.5 Å². The summed E-state index contributed by atoms with van der Waals surface area (Å²) in [6.45, 7) is 8.58. The zero-order valence-electron chi connectivity index (χ0n) is 15.9. The van der Waals surface area contributed by atoms with Crippen molar-refractivity contribution in [1.82, 2.24) is 0 Å². The molecule has 0 spiro atoms. The fourth-order valence-electron chi connectivity index (χ4n) is 4.56. The summed E-state index contributed by atoms with van der Waals surface area (Å²) in [6.07, 6.45) is 1.43. The molecule has 3 aliphatic rings. The molecular weight excluding hydrogens is 336 g/mol. The quantitative estimate of drug-likeness (QED) is 0.598. The number of Topliss-reactive ketones (excluding diaryl/α,β-unsaturated/α-hetero) is 1. The molecule has 0 amide bonds. The van der Waals surface area contributed by atoms with E-state index in [2.05, 4.69) is 0 Å². The zero-order valence-corrected chi connectivity index (χ0v) is 15.9. The molecule has 0 aromatic carbocycles. The Morgan fingerprint density at radius 1 is 1.35 bits per heavy atom. The molecule has 0 bridgehead atoms. The number of ether oxygens (including phenoxy) is 2. The Labute approximate surface area is 153 Å². The van der Waals surface area contributed by atoms with Crippen molar-refractivity contribution in [2.24, 2.45) is 11.3 Å². The SMILES string of the molecule is CC=C(C)C(=O)OC1(C)C(=O)OC2C3=C(C)C(=O)CC(O)C3(C)CCC21. The van der Waals surface area contributed by atoms with E-state index < -0.39 is 35.2 Å². The molecule has 1 aliphatic heterocycles. The van der Waals surface area contributed by atoms with Gasteiger partial charge in [0.15, 0.2) is 5.78 Å². The van der Waals surface area contributed by atoms with Crippen LogP contribution in [0.25, 0.3) is 0 Å². The van der Waals surface area contributed by atoms with Crippen LogP contribution in [-0.4, -0.2) is 40.6 Å². The first-order valence-electron chi connectivity index (χ1n) is 9.06. The topological polar surface area (TPSA) is 89.9 Å². The molecule has 2 aliphatic carbocycles. The third-order valence-electron chi connectivity index (χ3n) is 6.58. The predicted molar refractivity (Wildman–Crippen MR) is 93.0 cm³/mol. The first-order valence-corrected chi connectivity index (χ1v) is 9.06. The van der Waals surface area contributed by atoms with Gasteiger partial charge in [-0.3, -0.25) is 4.79 Å². The first kappa shape index (κ1) is 18.8. The molecule has 142 valence electrons. The molecule has 26 heavy (non-hydrogen) atoms. The lowest BCUT2D eigenvalue weighted by Crippen LogP contribution is -2.52. The second kappa shape index (κ2) is 6.05. The molecule has 2 fully saturated rings. The Kier molecular flexibility index (Phi) is 4.38. The second-order valence-electron chi connectivity index (χ2n) is 8.04. The van der Waals surface area contributed by atoms with E-state index in [0.29, 0.717) is 29.6 Å². The minimum absolute atomic E-state index is 0.0872. The minimum Gasteiger partial charge on any atom is -0.454 e. The summed E-state index contributed by atoms with van der Waals surface area (Å²) in [5, 5.41) is 10.5. The van der Waals surface area contributed by atoms with Crippen LogP contribution in [0.5, 0.6) is 0 Å². The van der Waals surface area contributed by atoms with Gasteiger partial charge in [-0.05, 0) is 51.7 Å². The van der Waals surface area contributed by atoms with Crippen molar-refractivity contribution in [3.8, 4) is 0 Å². The lowest BCUT2D eigenvalue weighted by Gasteiger charge is -2.48. The van der Waals surface area contributed by atoms with Crippen LogP contribution in [0.3, 0.4) is 0 Å². The number of aliphatic hydroxyl groups excluding tert-OH is 1. The van der Waals surface area contributed by atoms with Crippen LogP contribution in [0.4, 0.5) is 0 Å². The number of allylic oxidation sites excluding steroid dienone is 2. The van der Waals surface area contributed by atoms with E-state index in [1.165, 1.54) is 0 Å². The average molecular weight is 362 g/mol. The minimum atomic E-state index is -1.40. The number of esters is 2. The van der Waals surface area contributed by atoms with Gasteiger partial charge < -0.3 is 14.6 Å². The van der Waals surface area contributed by atoms with Gasteiger partial charge in [-0.15, -0.1) is 0 Å². The summed E-state index contributed by atoms with van der Waals surface area (Å²) in [4.78, 5) is 37.2. The lowest BCUT2D eigenvalue weighted by atomic mass is 9.57. The molecule has 0 aromatic rings. The van der Waals surface area contributed by atoms with Crippen molar-refractivity contribution in [2.45, 2.75) is 71.7 Å².